The highest BCUT2D eigenvalue weighted by Crippen LogP contribution is 2.42. The SMILES string of the molecule is Cc1ccc(/C(O)=C2\C(=O)C(=O)N(c3cccc(F)c3)C2c2ccc(Cl)cc2)cc1C. The molecule has 0 bridgehead atoms. The zero-order valence-corrected chi connectivity index (χ0v) is 17.7. The number of Topliss-reactive ketones (excluding diaryl/α,β-unsaturated/α-hetero) is 1. The van der Waals surface area contributed by atoms with E-state index >= 15 is 0 Å². The predicted molar refractivity (Wildman–Crippen MR) is 119 cm³/mol. The molecule has 1 atom stereocenters. The number of rotatable bonds is 3. The summed E-state index contributed by atoms with van der Waals surface area (Å²) in [6.45, 7) is 3.84. The van der Waals surface area contributed by atoms with E-state index in [-0.39, 0.29) is 17.0 Å². The van der Waals surface area contributed by atoms with Crippen molar-refractivity contribution >= 4 is 34.7 Å². The normalized spacial score (nSPS) is 17.9. The third-order valence-corrected chi connectivity index (χ3v) is 5.75. The number of ketones is 1. The number of amides is 1. The van der Waals surface area contributed by atoms with Crippen LogP contribution in [0.4, 0.5) is 10.1 Å². The molecule has 31 heavy (non-hydrogen) atoms. The van der Waals surface area contributed by atoms with Crippen molar-refractivity contribution in [1.29, 1.82) is 0 Å². The number of nitrogens with zero attached hydrogens (tertiary/aromatic N) is 1. The van der Waals surface area contributed by atoms with E-state index < -0.39 is 23.5 Å². The number of carbonyl (C=O) groups excluding carboxylic acids is 2. The fourth-order valence-electron chi connectivity index (χ4n) is 3.73. The molecule has 1 aliphatic rings. The molecule has 1 amide bonds. The number of halogens is 2. The average molecular weight is 436 g/mol. The summed E-state index contributed by atoms with van der Waals surface area (Å²) < 4.78 is 13.9. The zero-order valence-electron chi connectivity index (χ0n) is 16.9. The minimum Gasteiger partial charge on any atom is -0.507 e. The van der Waals surface area contributed by atoms with E-state index in [0.29, 0.717) is 16.1 Å². The smallest absolute Gasteiger partial charge is 0.300 e. The number of benzene rings is 3. The molecule has 1 N–H and O–H groups in total. The Kier molecular flexibility index (Phi) is 5.38. The van der Waals surface area contributed by atoms with Crippen LogP contribution in [0.1, 0.15) is 28.3 Å². The number of aryl methyl sites for hydroxylation is 2. The van der Waals surface area contributed by atoms with E-state index in [0.717, 1.165) is 11.1 Å². The van der Waals surface area contributed by atoms with Gasteiger partial charge in [0.25, 0.3) is 11.7 Å². The highest BCUT2D eigenvalue weighted by atomic mass is 35.5. The molecular weight excluding hydrogens is 417 g/mol. The summed E-state index contributed by atoms with van der Waals surface area (Å²) in [7, 11) is 0. The second kappa shape index (κ2) is 8.00. The van der Waals surface area contributed by atoms with Crippen molar-refractivity contribution in [3.05, 3.63) is 105 Å². The maximum Gasteiger partial charge on any atom is 0.300 e. The minimum atomic E-state index is -0.930. The molecular formula is C25H19ClFNO3. The second-order valence-corrected chi connectivity index (χ2v) is 7.94. The van der Waals surface area contributed by atoms with Crippen molar-refractivity contribution in [1.82, 2.24) is 0 Å². The monoisotopic (exact) mass is 435 g/mol. The van der Waals surface area contributed by atoms with Crippen LogP contribution in [0.3, 0.4) is 0 Å². The predicted octanol–water partition coefficient (Wildman–Crippen LogP) is 5.72. The number of carbonyl (C=O) groups is 2. The van der Waals surface area contributed by atoms with Crippen molar-refractivity contribution < 1.29 is 19.1 Å². The Morgan fingerprint density at radius 1 is 0.968 bits per heavy atom. The number of aliphatic hydroxyl groups is 1. The van der Waals surface area contributed by atoms with Crippen LogP contribution in [0.15, 0.2) is 72.3 Å². The van der Waals surface area contributed by atoms with Crippen molar-refractivity contribution in [2.24, 2.45) is 0 Å². The fourth-order valence-corrected chi connectivity index (χ4v) is 3.86. The second-order valence-electron chi connectivity index (χ2n) is 7.50. The Hall–Kier alpha value is -3.44. The first-order valence-electron chi connectivity index (χ1n) is 9.67. The average Bonchev–Trinajstić information content (AvgIpc) is 3.01. The third kappa shape index (κ3) is 3.73. The molecule has 6 heteroatoms. The van der Waals surface area contributed by atoms with E-state index in [2.05, 4.69) is 0 Å². The van der Waals surface area contributed by atoms with E-state index in [1.54, 1.807) is 42.5 Å². The van der Waals surface area contributed by atoms with Crippen LogP contribution < -0.4 is 4.90 Å². The van der Waals surface area contributed by atoms with Crippen molar-refractivity contribution in [3.63, 3.8) is 0 Å². The molecule has 0 aliphatic carbocycles. The Labute approximate surface area is 184 Å². The summed E-state index contributed by atoms with van der Waals surface area (Å²) in [4.78, 5) is 27.3. The Balaban J connectivity index is 1.96. The summed E-state index contributed by atoms with van der Waals surface area (Å²) in [5.41, 5.74) is 3.14. The topological polar surface area (TPSA) is 57.6 Å². The van der Waals surface area contributed by atoms with Gasteiger partial charge in [-0.3, -0.25) is 14.5 Å². The van der Waals surface area contributed by atoms with Crippen LogP contribution in [-0.2, 0) is 9.59 Å². The summed E-state index contributed by atoms with van der Waals surface area (Å²) >= 11 is 6.02. The lowest BCUT2D eigenvalue weighted by Crippen LogP contribution is -2.29. The number of hydrogen-bond donors (Lipinski definition) is 1. The van der Waals surface area contributed by atoms with Crippen LogP contribution >= 0.6 is 11.6 Å². The molecule has 3 aromatic carbocycles. The minimum absolute atomic E-state index is 0.0557. The molecule has 1 unspecified atom stereocenters. The number of anilines is 1. The van der Waals surface area contributed by atoms with Crippen LogP contribution in [-0.4, -0.2) is 16.8 Å². The zero-order chi connectivity index (χ0) is 22.3. The molecule has 0 saturated carbocycles. The summed E-state index contributed by atoms with van der Waals surface area (Å²) in [6, 6.07) is 16.5. The maximum absolute atomic E-state index is 13.9. The largest absolute Gasteiger partial charge is 0.507 e. The van der Waals surface area contributed by atoms with Gasteiger partial charge in [-0.1, -0.05) is 41.9 Å². The molecule has 0 spiro atoms. The van der Waals surface area contributed by atoms with Gasteiger partial charge >= 0.3 is 0 Å². The molecule has 0 aromatic heterocycles. The molecule has 1 saturated heterocycles. The standard InChI is InChI=1S/C25H19ClFNO3/c1-14-6-7-17(12-15(14)2)23(29)21-22(16-8-10-18(26)11-9-16)28(25(31)24(21)30)20-5-3-4-19(27)13-20/h3-13,22,29H,1-2H3/b23-21+. The first-order valence-corrected chi connectivity index (χ1v) is 10.1. The first-order chi connectivity index (χ1) is 14.8. The lowest BCUT2D eigenvalue weighted by Gasteiger charge is -2.25. The summed E-state index contributed by atoms with van der Waals surface area (Å²) in [5, 5.41) is 11.6. The Morgan fingerprint density at radius 2 is 1.68 bits per heavy atom. The molecule has 4 rings (SSSR count). The van der Waals surface area contributed by atoms with Gasteiger partial charge in [0.2, 0.25) is 0 Å². The van der Waals surface area contributed by atoms with Crippen LogP contribution in [0.2, 0.25) is 5.02 Å². The Bertz CT molecular complexity index is 1230. The van der Waals surface area contributed by atoms with E-state index in [4.69, 9.17) is 11.6 Å². The number of aliphatic hydroxyl groups excluding tert-OH is 1. The molecule has 1 fully saturated rings. The van der Waals surface area contributed by atoms with Gasteiger partial charge in [-0.15, -0.1) is 0 Å². The lowest BCUT2D eigenvalue weighted by atomic mass is 9.94. The van der Waals surface area contributed by atoms with Gasteiger partial charge in [0.05, 0.1) is 11.6 Å². The quantitative estimate of drug-likeness (QED) is 0.325. The summed E-state index contributed by atoms with van der Waals surface area (Å²) in [6.07, 6.45) is 0. The van der Waals surface area contributed by atoms with Gasteiger partial charge in [-0.25, -0.2) is 4.39 Å². The highest BCUT2D eigenvalue weighted by Gasteiger charge is 2.47. The molecule has 1 heterocycles. The summed E-state index contributed by atoms with van der Waals surface area (Å²) in [5.74, 6) is -2.49. The Morgan fingerprint density at radius 3 is 2.32 bits per heavy atom. The van der Waals surface area contributed by atoms with Gasteiger partial charge < -0.3 is 5.11 Å². The molecule has 4 nitrogen and oxygen atoms in total. The van der Waals surface area contributed by atoms with E-state index in [9.17, 15) is 19.1 Å². The van der Waals surface area contributed by atoms with Crippen LogP contribution in [0, 0.1) is 19.7 Å². The van der Waals surface area contributed by atoms with Gasteiger partial charge in [0.1, 0.15) is 11.6 Å². The fraction of sp³-hybridized carbons (Fsp3) is 0.120. The third-order valence-electron chi connectivity index (χ3n) is 5.50. The van der Waals surface area contributed by atoms with E-state index in [1.807, 2.05) is 19.9 Å². The van der Waals surface area contributed by atoms with E-state index in [1.165, 1.54) is 23.1 Å². The van der Waals surface area contributed by atoms with Gasteiger partial charge in [-0.2, -0.15) is 0 Å². The van der Waals surface area contributed by atoms with Crippen LogP contribution in [0.25, 0.3) is 5.76 Å². The van der Waals surface area contributed by atoms with Crippen molar-refractivity contribution in [2.45, 2.75) is 19.9 Å². The maximum atomic E-state index is 13.9. The molecule has 3 aromatic rings. The van der Waals surface area contributed by atoms with Gasteiger partial charge in [-0.05, 0) is 66.9 Å². The van der Waals surface area contributed by atoms with Gasteiger partial charge in [0.15, 0.2) is 0 Å². The van der Waals surface area contributed by atoms with Gasteiger partial charge in [0, 0.05) is 16.3 Å². The molecule has 156 valence electrons. The highest BCUT2D eigenvalue weighted by molar-refractivity contribution is 6.51. The number of hydrogen-bond acceptors (Lipinski definition) is 3. The first kappa shape index (κ1) is 20.8. The van der Waals surface area contributed by atoms with Crippen molar-refractivity contribution in [2.75, 3.05) is 4.90 Å². The lowest BCUT2D eigenvalue weighted by molar-refractivity contribution is -0.132. The molecule has 0 radical (unpaired) electrons. The van der Waals surface area contributed by atoms with Crippen molar-refractivity contribution in [3.8, 4) is 0 Å². The van der Waals surface area contributed by atoms with Crippen LogP contribution in [0.5, 0.6) is 0 Å². The molecule has 1 aliphatic heterocycles.